The summed E-state index contributed by atoms with van der Waals surface area (Å²) in [5, 5.41) is 11.7. The van der Waals surface area contributed by atoms with Crippen LogP contribution in [0.4, 0.5) is 5.69 Å². The van der Waals surface area contributed by atoms with Gasteiger partial charge in [-0.1, -0.05) is 45.6 Å². The molecule has 3 rings (SSSR count). The first-order valence-corrected chi connectivity index (χ1v) is 14.4. The quantitative estimate of drug-likeness (QED) is 0.288. The number of nitrogens with zero attached hydrogens (tertiary/aromatic N) is 2. The SMILES string of the molecule is CC1(C)CCC(O)(c2ccccn2)c2cc(N(C=O)COCC[Si](C)(C)C)ccc21. The molecule has 0 spiro atoms. The summed E-state index contributed by atoms with van der Waals surface area (Å²) in [6, 6.07) is 12.6. The molecule has 1 aliphatic carbocycles. The van der Waals surface area contributed by atoms with Gasteiger partial charge in [-0.05, 0) is 59.7 Å². The number of aliphatic hydroxyl groups is 1. The van der Waals surface area contributed by atoms with Crippen LogP contribution in [0.2, 0.25) is 25.7 Å². The van der Waals surface area contributed by atoms with E-state index in [-0.39, 0.29) is 12.1 Å². The summed E-state index contributed by atoms with van der Waals surface area (Å²) in [5.74, 6) is 0. The van der Waals surface area contributed by atoms with Crippen molar-refractivity contribution in [2.45, 2.75) is 63.4 Å². The number of carbonyl (C=O) groups excluding carboxylic acids is 1. The highest BCUT2D eigenvalue weighted by Crippen LogP contribution is 2.48. The van der Waals surface area contributed by atoms with Crippen LogP contribution in [0.15, 0.2) is 42.6 Å². The Morgan fingerprint density at radius 1 is 1.17 bits per heavy atom. The number of benzene rings is 1. The molecule has 0 aliphatic heterocycles. The first kappa shape index (κ1) is 22.7. The summed E-state index contributed by atoms with van der Waals surface area (Å²) >= 11 is 0. The highest BCUT2D eigenvalue weighted by Gasteiger charge is 2.43. The van der Waals surface area contributed by atoms with Crippen molar-refractivity contribution in [3.05, 3.63) is 59.4 Å². The molecule has 1 heterocycles. The van der Waals surface area contributed by atoms with Gasteiger partial charge in [-0.3, -0.25) is 14.7 Å². The molecule has 1 unspecified atom stereocenters. The fraction of sp³-hybridized carbons (Fsp3) is 0.500. The standard InChI is InChI=1S/C24H34N2O3Si/c1-23(2)11-12-24(28,22-8-6-7-13-25-22)21-16-19(9-10-20(21)23)26(17-27)18-29-14-15-30(3,4)5/h6-10,13,16-17,28H,11-12,14-15,18H2,1-5H3. The third-order valence-corrected chi connectivity index (χ3v) is 7.77. The lowest BCUT2D eigenvalue weighted by Crippen LogP contribution is -2.39. The number of fused-ring (bicyclic) bond motifs is 1. The maximum absolute atomic E-state index is 11.8. The maximum atomic E-state index is 11.8. The summed E-state index contributed by atoms with van der Waals surface area (Å²) in [7, 11) is -1.18. The predicted molar refractivity (Wildman–Crippen MR) is 123 cm³/mol. The second kappa shape index (κ2) is 8.61. The minimum atomic E-state index is -1.18. The first-order valence-electron chi connectivity index (χ1n) is 10.7. The van der Waals surface area contributed by atoms with E-state index in [4.69, 9.17) is 4.74 Å². The summed E-state index contributed by atoms with van der Waals surface area (Å²) in [6.07, 6.45) is 3.94. The van der Waals surface area contributed by atoms with E-state index in [0.29, 0.717) is 18.7 Å². The van der Waals surface area contributed by atoms with E-state index in [1.54, 1.807) is 11.1 Å². The van der Waals surface area contributed by atoms with Crippen LogP contribution in [0, 0.1) is 0 Å². The van der Waals surface area contributed by atoms with Crippen molar-refractivity contribution in [2.75, 3.05) is 18.2 Å². The molecule has 0 saturated heterocycles. The van der Waals surface area contributed by atoms with Crippen molar-refractivity contribution in [2.24, 2.45) is 0 Å². The van der Waals surface area contributed by atoms with Gasteiger partial charge in [0.1, 0.15) is 12.3 Å². The van der Waals surface area contributed by atoms with Gasteiger partial charge in [-0.25, -0.2) is 0 Å². The van der Waals surface area contributed by atoms with Gasteiger partial charge in [-0.2, -0.15) is 0 Å². The zero-order chi connectivity index (χ0) is 22.0. The highest BCUT2D eigenvalue weighted by molar-refractivity contribution is 6.76. The van der Waals surface area contributed by atoms with Gasteiger partial charge >= 0.3 is 0 Å². The Kier molecular flexibility index (Phi) is 6.50. The van der Waals surface area contributed by atoms with Gasteiger partial charge in [-0.15, -0.1) is 0 Å². The highest BCUT2D eigenvalue weighted by atomic mass is 28.3. The van der Waals surface area contributed by atoms with E-state index in [1.165, 1.54) is 0 Å². The molecule has 1 N–H and O–H groups in total. The Hall–Kier alpha value is -2.02. The Morgan fingerprint density at radius 3 is 2.57 bits per heavy atom. The maximum Gasteiger partial charge on any atom is 0.216 e. The number of amides is 1. The van der Waals surface area contributed by atoms with Crippen LogP contribution in [0.1, 0.15) is 43.5 Å². The number of ether oxygens (including phenoxy) is 1. The van der Waals surface area contributed by atoms with Gasteiger partial charge in [0.25, 0.3) is 0 Å². The normalized spacial score (nSPS) is 20.5. The zero-order valence-electron chi connectivity index (χ0n) is 18.8. The van der Waals surface area contributed by atoms with Crippen LogP contribution in [0.5, 0.6) is 0 Å². The van der Waals surface area contributed by atoms with Gasteiger partial charge in [0, 0.05) is 26.6 Å². The van der Waals surface area contributed by atoms with Crippen molar-refractivity contribution >= 4 is 20.2 Å². The summed E-state index contributed by atoms with van der Waals surface area (Å²) in [4.78, 5) is 17.8. The van der Waals surface area contributed by atoms with Crippen LogP contribution >= 0.6 is 0 Å². The van der Waals surface area contributed by atoms with E-state index in [0.717, 1.165) is 35.7 Å². The third kappa shape index (κ3) is 4.82. The lowest BCUT2D eigenvalue weighted by Gasteiger charge is -2.42. The molecule has 2 aromatic rings. The van der Waals surface area contributed by atoms with Crippen LogP contribution in [0.25, 0.3) is 0 Å². The summed E-state index contributed by atoms with van der Waals surface area (Å²) in [5.41, 5.74) is 2.05. The van der Waals surface area contributed by atoms with Gasteiger partial charge in [0.2, 0.25) is 6.41 Å². The summed E-state index contributed by atoms with van der Waals surface area (Å²) in [6.45, 7) is 12.2. The molecular formula is C24H34N2O3Si. The molecule has 30 heavy (non-hydrogen) atoms. The first-order chi connectivity index (χ1) is 14.1. The minimum Gasteiger partial charge on any atom is -0.379 e. The smallest absolute Gasteiger partial charge is 0.216 e. The van der Waals surface area contributed by atoms with Crippen molar-refractivity contribution < 1.29 is 14.6 Å². The molecule has 0 saturated carbocycles. The minimum absolute atomic E-state index is 0.0608. The van der Waals surface area contributed by atoms with Crippen LogP contribution in [0.3, 0.4) is 0 Å². The lowest BCUT2D eigenvalue weighted by molar-refractivity contribution is -0.108. The second-order valence-corrected chi connectivity index (χ2v) is 15.7. The van der Waals surface area contributed by atoms with Crippen LogP contribution < -0.4 is 4.90 Å². The number of pyridine rings is 1. The molecule has 6 heteroatoms. The Balaban J connectivity index is 1.92. The van der Waals surface area contributed by atoms with E-state index < -0.39 is 13.7 Å². The Bertz CT molecular complexity index is 880. The third-order valence-electron chi connectivity index (χ3n) is 6.06. The van der Waals surface area contributed by atoms with E-state index in [9.17, 15) is 9.90 Å². The van der Waals surface area contributed by atoms with Gasteiger partial charge in [0.15, 0.2) is 0 Å². The second-order valence-electron chi connectivity index (χ2n) is 10.1. The molecule has 1 amide bonds. The number of rotatable bonds is 8. The molecule has 162 valence electrons. The van der Waals surface area contributed by atoms with Crippen molar-refractivity contribution in [1.82, 2.24) is 4.98 Å². The number of hydrogen-bond donors (Lipinski definition) is 1. The molecular weight excluding hydrogens is 392 g/mol. The number of hydrogen-bond acceptors (Lipinski definition) is 4. The molecule has 1 aliphatic rings. The molecule has 1 aromatic heterocycles. The van der Waals surface area contributed by atoms with Crippen molar-refractivity contribution in [1.29, 1.82) is 0 Å². The average molecular weight is 427 g/mol. The zero-order valence-corrected chi connectivity index (χ0v) is 19.8. The van der Waals surface area contributed by atoms with Crippen molar-refractivity contribution in [3.8, 4) is 0 Å². The largest absolute Gasteiger partial charge is 0.379 e. The van der Waals surface area contributed by atoms with E-state index >= 15 is 0 Å². The van der Waals surface area contributed by atoms with E-state index in [1.807, 2.05) is 36.4 Å². The molecule has 0 bridgehead atoms. The fourth-order valence-corrected chi connectivity index (χ4v) is 4.74. The Morgan fingerprint density at radius 2 is 1.93 bits per heavy atom. The van der Waals surface area contributed by atoms with Gasteiger partial charge in [0.05, 0.1) is 5.69 Å². The van der Waals surface area contributed by atoms with Crippen LogP contribution in [-0.4, -0.2) is 37.9 Å². The lowest BCUT2D eigenvalue weighted by atomic mass is 9.65. The number of aromatic nitrogens is 1. The van der Waals surface area contributed by atoms with Crippen molar-refractivity contribution in [3.63, 3.8) is 0 Å². The molecule has 0 fully saturated rings. The molecule has 0 radical (unpaired) electrons. The summed E-state index contributed by atoms with van der Waals surface area (Å²) < 4.78 is 5.79. The van der Waals surface area contributed by atoms with E-state index in [2.05, 4.69) is 38.5 Å². The van der Waals surface area contributed by atoms with Gasteiger partial charge < -0.3 is 9.84 Å². The van der Waals surface area contributed by atoms with Crippen LogP contribution in [-0.2, 0) is 20.5 Å². The topological polar surface area (TPSA) is 62.7 Å². The average Bonchev–Trinajstić information content (AvgIpc) is 2.71. The monoisotopic (exact) mass is 426 g/mol. The number of anilines is 1. The predicted octanol–water partition coefficient (Wildman–Crippen LogP) is 4.66. The molecule has 5 nitrogen and oxygen atoms in total. The number of carbonyl (C=O) groups is 1. The molecule has 1 atom stereocenters. The fourth-order valence-electron chi connectivity index (χ4n) is 3.99. The Labute approximate surface area is 181 Å². The molecule has 1 aromatic carbocycles.